The van der Waals surface area contributed by atoms with E-state index in [0.29, 0.717) is 19.4 Å². The van der Waals surface area contributed by atoms with Gasteiger partial charge in [0.2, 0.25) is 5.91 Å². The van der Waals surface area contributed by atoms with E-state index in [9.17, 15) is 14.4 Å². The normalized spacial score (nSPS) is 17.8. The highest BCUT2D eigenvalue weighted by atomic mass is 16.6. The molecule has 0 aliphatic carbocycles. The summed E-state index contributed by atoms with van der Waals surface area (Å²) in [5.41, 5.74) is -0.601. The molecule has 22 heavy (non-hydrogen) atoms. The molecule has 0 saturated carbocycles. The SMILES string of the molecule is C=CCOC(=O)N1CCC[C@H]1C(=O)NCC(=O)OC(C)(C)C. The van der Waals surface area contributed by atoms with Gasteiger partial charge in [-0.3, -0.25) is 14.5 Å². The second-order valence-corrected chi connectivity index (χ2v) is 6.02. The van der Waals surface area contributed by atoms with Gasteiger partial charge in [0.05, 0.1) is 0 Å². The number of carbonyl (C=O) groups is 3. The number of rotatable bonds is 5. The summed E-state index contributed by atoms with van der Waals surface area (Å²) in [5.74, 6) is -0.890. The van der Waals surface area contributed by atoms with E-state index >= 15 is 0 Å². The molecule has 1 aliphatic heterocycles. The maximum atomic E-state index is 12.1. The minimum absolute atomic E-state index is 0.0988. The first-order valence-electron chi connectivity index (χ1n) is 7.28. The number of ether oxygens (including phenoxy) is 2. The molecule has 0 aromatic carbocycles. The largest absolute Gasteiger partial charge is 0.459 e. The van der Waals surface area contributed by atoms with Crippen LogP contribution >= 0.6 is 0 Å². The van der Waals surface area contributed by atoms with Crippen molar-refractivity contribution in [2.75, 3.05) is 19.7 Å². The molecule has 0 spiro atoms. The molecule has 7 nitrogen and oxygen atoms in total. The predicted molar refractivity (Wildman–Crippen MR) is 80.1 cm³/mol. The van der Waals surface area contributed by atoms with Gasteiger partial charge in [0.15, 0.2) is 0 Å². The Morgan fingerprint density at radius 3 is 2.64 bits per heavy atom. The Balaban J connectivity index is 2.48. The topological polar surface area (TPSA) is 84.9 Å². The van der Waals surface area contributed by atoms with Crippen LogP contribution in [0.25, 0.3) is 0 Å². The van der Waals surface area contributed by atoms with Crippen molar-refractivity contribution >= 4 is 18.0 Å². The van der Waals surface area contributed by atoms with Crippen molar-refractivity contribution in [2.24, 2.45) is 0 Å². The molecule has 0 bridgehead atoms. The summed E-state index contributed by atoms with van der Waals surface area (Å²) in [4.78, 5) is 36.9. The highest BCUT2D eigenvalue weighted by Crippen LogP contribution is 2.18. The van der Waals surface area contributed by atoms with Crippen molar-refractivity contribution in [3.05, 3.63) is 12.7 Å². The average Bonchev–Trinajstić information content (AvgIpc) is 2.89. The van der Waals surface area contributed by atoms with Gasteiger partial charge in [-0.1, -0.05) is 12.7 Å². The van der Waals surface area contributed by atoms with Crippen LogP contribution in [0.1, 0.15) is 33.6 Å². The molecule has 1 heterocycles. The van der Waals surface area contributed by atoms with Gasteiger partial charge >= 0.3 is 12.1 Å². The molecule has 0 unspecified atom stereocenters. The lowest BCUT2D eigenvalue weighted by Gasteiger charge is -2.23. The third-order valence-corrected chi connectivity index (χ3v) is 2.94. The molecule has 0 aromatic rings. The molecule has 2 amide bonds. The zero-order chi connectivity index (χ0) is 16.8. The molecule has 0 radical (unpaired) electrons. The molecule has 1 N–H and O–H groups in total. The van der Waals surface area contributed by atoms with Crippen molar-refractivity contribution in [3.63, 3.8) is 0 Å². The Hall–Kier alpha value is -2.05. The van der Waals surface area contributed by atoms with E-state index in [0.717, 1.165) is 0 Å². The first kappa shape index (κ1) is 18.0. The molecule has 1 saturated heterocycles. The summed E-state index contributed by atoms with van der Waals surface area (Å²) >= 11 is 0. The van der Waals surface area contributed by atoms with Crippen LogP contribution in [-0.4, -0.2) is 54.2 Å². The summed E-state index contributed by atoms with van der Waals surface area (Å²) in [6, 6.07) is -0.611. The number of hydrogen-bond acceptors (Lipinski definition) is 5. The summed E-state index contributed by atoms with van der Waals surface area (Å²) in [7, 11) is 0. The second-order valence-electron chi connectivity index (χ2n) is 6.02. The summed E-state index contributed by atoms with van der Waals surface area (Å²) in [5, 5.41) is 2.50. The van der Waals surface area contributed by atoms with Crippen LogP contribution in [0.15, 0.2) is 12.7 Å². The Morgan fingerprint density at radius 1 is 1.36 bits per heavy atom. The molecule has 1 fully saturated rings. The van der Waals surface area contributed by atoms with E-state index in [1.165, 1.54) is 11.0 Å². The fourth-order valence-corrected chi connectivity index (χ4v) is 2.13. The van der Waals surface area contributed by atoms with E-state index in [1.807, 2.05) is 0 Å². The van der Waals surface area contributed by atoms with Crippen LogP contribution in [0.2, 0.25) is 0 Å². The first-order chi connectivity index (χ1) is 10.2. The standard InChI is InChI=1S/C15H24N2O5/c1-5-9-21-14(20)17-8-6-7-11(17)13(19)16-10-12(18)22-15(2,3)4/h5,11H,1,6-10H2,2-4H3,(H,16,19)/t11-/m0/s1. The fraction of sp³-hybridized carbons (Fsp3) is 0.667. The zero-order valence-electron chi connectivity index (χ0n) is 13.4. The van der Waals surface area contributed by atoms with Crippen molar-refractivity contribution in [2.45, 2.75) is 45.3 Å². The molecular formula is C15H24N2O5. The number of amides is 2. The predicted octanol–water partition coefficient (Wildman–Crippen LogP) is 1.23. The van der Waals surface area contributed by atoms with Gasteiger partial charge in [-0.15, -0.1) is 0 Å². The third-order valence-electron chi connectivity index (χ3n) is 2.94. The minimum atomic E-state index is -0.611. The van der Waals surface area contributed by atoms with Crippen LogP contribution < -0.4 is 5.32 Å². The lowest BCUT2D eigenvalue weighted by molar-refractivity contribution is -0.154. The van der Waals surface area contributed by atoms with Crippen molar-refractivity contribution in [1.29, 1.82) is 0 Å². The number of esters is 1. The molecule has 1 rings (SSSR count). The van der Waals surface area contributed by atoms with Gasteiger partial charge < -0.3 is 14.8 Å². The Bertz CT molecular complexity index is 442. The second kappa shape index (κ2) is 7.82. The van der Waals surface area contributed by atoms with Crippen LogP contribution in [0.5, 0.6) is 0 Å². The monoisotopic (exact) mass is 312 g/mol. The Labute approximate surface area is 130 Å². The van der Waals surface area contributed by atoms with Crippen molar-refractivity contribution < 1.29 is 23.9 Å². The van der Waals surface area contributed by atoms with Gasteiger partial charge in [0, 0.05) is 6.54 Å². The minimum Gasteiger partial charge on any atom is -0.459 e. The van der Waals surface area contributed by atoms with Gasteiger partial charge in [-0.2, -0.15) is 0 Å². The maximum absolute atomic E-state index is 12.1. The number of nitrogens with one attached hydrogen (secondary N) is 1. The highest BCUT2D eigenvalue weighted by molar-refractivity contribution is 5.88. The van der Waals surface area contributed by atoms with E-state index < -0.39 is 23.7 Å². The van der Waals surface area contributed by atoms with Crippen molar-refractivity contribution in [1.82, 2.24) is 10.2 Å². The molecule has 0 aromatic heterocycles. The number of carbonyl (C=O) groups excluding carboxylic acids is 3. The lowest BCUT2D eigenvalue weighted by Crippen LogP contribution is -2.47. The van der Waals surface area contributed by atoms with E-state index in [-0.39, 0.29) is 19.1 Å². The summed E-state index contributed by atoms with van der Waals surface area (Å²) < 4.78 is 10.1. The molecule has 1 atom stereocenters. The molecular weight excluding hydrogens is 288 g/mol. The molecule has 124 valence electrons. The Kier molecular flexibility index (Phi) is 6.39. The Morgan fingerprint density at radius 2 is 2.05 bits per heavy atom. The smallest absolute Gasteiger partial charge is 0.410 e. The number of hydrogen-bond donors (Lipinski definition) is 1. The van der Waals surface area contributed by atoms with Gasteiger partial charge in [-0.05, 0) is 33.6 Å². The van der Waals surface area contributed by atoms with Crippen LogP contribution in [0.4, 0.5) is 4.79 Å². The fourth-order valence-electron chi connectivity index (χ4n) is 2.13. The molecule has 7 heteroatoms. The van der Waals surface area contributed by atoms with E-state index in [1.54, 1.807) is 20.8 Å². The summed E-state index contributed by atoms with van der Waals surface area (Å²) in [6.45, 7) is 9.06. The van der Waals surface area contributed by atoms with Crippen LogP contribution in [0.3, 0.4) is 0 Å². The average molecular weight is 312 g/mol. The van der Waals surface area contributed by atoms with Gasteiger partial charge in [0.1, 0.15) is 24.8 Å². The van der Waals surface area contributed by atoms with Crippen molar-refractivity contribution in [3.8, 4) is 0 Å². The van der Waals surface area contributed by atoms with Crippen LogP contribution in [0, 0.1) is 0 Å². The molecule has 1 aliphatic rings. The van der Waals surface area contributed by atoms with Gasteiger partial charge in [0.25, 0.3) is 0 Å². The summed E-state index contributed by atoms with van der Waals surface area (Å²) in [6.07, 6.45) is 2.18. The third kappa shape index (κ3) is 5.75. The van der Waals surface area contributed by atoms with E-state index in [2.05, 4.69) is 11.9 Å². The van der Waals surface area contributed by atoms with Crippen LogP contribution in [-0.2, 0) is 19.1 Å². The zero-order valence-corrected chi connectivity index (χ0v) is 13.4. The number of nitrogens with zero attached hydrogens (tertiary/aromatic N) is 1. The lowest BCUT2D eigenvalue weighted by atomic mass is 10.2. The van der Waals surface area contributed by atoms with Gasteiger partial charge in [-0.25, -0.2) is 4.79 Å². The first-order valence-corrected chi connectivity index (χ1v) is 7.28. The maximum Gasteiger partial charge on any atom is 0.410 e. The highest BCUT2D eigenvalue weighted by Gasteiger charge is 2.35. The van der Waals surface area contributed by atoms with E-state index in [4.69, 9.17) is 9.47 Å². The quantitative estimate of drug-likeness (QED) is 0.609. The number of likely N-dealkylation sites (tertiary alicyclic amines) is 1.